The number of fused-ring (bicyclic) bond motifs is 6. The Kier molecular flexibility index (Phi) is 7.14. The maximum absolute atomic E-state index is 3.06. The van der Waals surface area contributed by atoms with Crippen LogP contribution in [0.4, 0.5) is 0 Å². The van der Waals surface area contributed by atoms with E-state index in [0.717, 1.165) is 0 Å². The molecule has 1 fully saturated rings. The van der Waals surface area contributed by atoms with Gasteiger partial charge < -0.3 is 0 Å². The van der Waals surface area contributed by atoms with Crippen LogP contribution in [0.25, 0.3) is 34.4 Å². The Balaban J connectivity index is 1.48. The first kappa shape index (κ1) is 29.2. The van der Waals surface area contributed by atoms with Crippen LogP contribution in [0, 0.1) is 27.7 Å². The second-order valence-corrected chi connectivity index (χ2v) is 36.0. The fraction of sp³-hybridized carbons (Fsp3) is 0.317. The van der Waals surface area contributed by atoms with Crippen LogP contribution in [0.1, 0.15) is 71.6 Å². The third-order valence-electron chi connectivity index (χ3n) is 11.4. The molecule has 2 atom stereocenters. The van der Waals surface area contributed by atoms with Crippen molar-refractivity contribution in [3.05, 3.63) is 128 Å². The van der Waals surface area contributed by atoms with E-state index in [-0.39, 0.29) is 0 Å². The van der Waals surface area contributed by atoms with Crippen LogP contribution in [-0.4, -0.2) is 8.07 Å². The second-order valence-electron chi connectivity index (χ2n) is 14.5. The van der Waals surface area contributed by atoms with Crippen molar-refractivity contribution in [2.45, 2.75) is 76.8 Å². The van der Waals surface area contributed by atoms with Gasteiger partial charge in [0.15, 0.2) is 0 Å². The summed E-state index contributed by atoms with van der Waals surface area (Å²) in [6.07, 6.45) is 8.12. The van der Waals surface area contributed by atoms with Crippen molar-refractivity contribution in [2.75, 3.05) is 0 Å². The molecule has 1 heterocycles. The van der Waals surface area contributed by atoms with Gasteiger partial charge in [-0.2, -0.15) is 0 Å². The molecule has 0 N–H and O–H groups in total. The minimum atomic E-state index is -3.06. The predicted molar refractivity (Wildman–Crippen MR) is 187 cm³/mol. The topological polar surface area (TPSA) is 0 Å². The summed E-state index contributed by atoms with van der Waals surface area (Å²) in [5.74, 6) is 0. The predicted octanol–water partition coefficient (Wildman–Crippen LogP) is 12.1. The Hall–Kier alpha value is -2.55. The van der Waals surface area contributed by atoms with Gasteiger partial charge in [-0.05, 0) is 0 Å². The average Bonchev–Trinajstić information content (AvgIpc) is 3.58. The molecule has 218 valence electrons. The number of benzene rings is 4. The van der Waals surface area contributed by atoms with E-state index in [2.05, 4.69) is 135 Å². The molecule has 0 saturated carbocycles. The average molecular weight is 745 g/mol. The quantitative estimate of drug-likeness (QED) is 0.179. The molecule has 0 aromatic heterocycles. The van der Waals surface area contributed by atoms with Crippen LogP contribution in [0.2, 0.25) is 22.0 Å². The minimum absolute atomic E-state index is 0.678. The fourth-order valence-corrected chi connectivity index (χ4v) is 42.0. The molecule has 0 bridgehead atoms. The molecule has 2 unspecified atom stereocenters. The third-order valence-corrected chi connectivity index (χ3v) is 33.4. The van der Waals surface area contributed by atoms with Gasteiger partial charge in [-0.3, -0.25) is 0 Å². The summed E-state index contributed by atoms with van der Waals surface area (Å²) in [5, 5.41) is 3.76. The molecule has 0 nitrogen and oxygen atoms in total. The van der Waals surface area contributed by atoms with Gasteiger partial charge in [0.05, 0.1) is 0 Å². The van der Waals surface area contributed by atoms with E-state index in [0.29, 0.717) is 7.35 Å². The summed E-state index contributed by atoms with van der Waals surface area (Å²) in [6.45, 7) is 14.3. The molecule has 2 aliphatic carbocycles. The van der Waals surface area contributed by atoms with Crippen molar-refractivity contribution in [2.24, 2.45) is 0 Å². The number of unbranched alkanes of at least 4 members (excludes halogenated alkanes) is 1. The Labute approximate surface area is 265 Å². The normalized spacial score (nSPS) is 22.8. The van der Waals surface area contributed by atoms with Crippen LogP contribution in [0.3, 0.4) is 0 Å². The number of hydrogen-bond donors (Lipinski definition) is 0. The molecule has 7 rings (SSSR count). The van der Waals surface area contributed by atoms with E-state index in [1.165, 1.54) is 63.4 Å². The number of aryl methyl sites for hydroxylation is 4. The summed E-state index contributed by atoms with van der Waals surface area (Å²) >= 11 is -3.06. The third kappa shape index (κ3) is 4.22. The molecule has 0 radical (unpaired) electrons. The van der Waals surface area contributed by atoms with Gasteiger partial charge in [0.1, 0.15) is 0 Å². The first-order valence-corrected chi connectivity index (χ1v) is 30.5. The molecule has 2 heteroatoms. The fourth-order valence-electron chi connectivity index (χ4n) is 9.43. The van der Waals surface area contributed by atoms with Crippen LogP contribution < -0.4 is 0 Å². The van der Waals surface area contributed by atoms with Gasteiger partial charge >= 0.3 is 267 Å². The first-order chi connectivity index (χ1) is 20.6. The van der Waals surface area contributed by atoms with Crippen LogP contribution in [0.15, 0.2) is 83.2 Å². The number of allylic oxidation sites excluding steroid dienone is 2. The van der Waals surface area contributed by atoms with Crippen LogP contribution in [0.5, 0.6) is 0 Å². The Morgan fingerprint density at radius 1 is 0.605 bits per heavy atom. The van der Waals surface area contributed by atoms with E-state index >= 15 is 0 Å². The SMILES string of the molecule is CCCC[Si]1(C)C2=Cc3c(-c4c(C)cccc4C)cccc3[CH]2[Hf]([CH3])([CH3])[CH]2C1=Cc1c(-c3c(C)cccc3C)cccc12. The summed E-state index contributed by atoms with van der Waals surface area (Å²) in [6, 6.07) is 29.6. The van der Waals surface area contributed by atoms with Crippen LogP contribution >= 0.6 is 0 Å². The molecule has 0 spiro atoms. The summed E-state index contributed by atoms with van der Waals surface area (Å²) < 4.78 is 6.97. The van der Waals surface area contributed by atoms with Crippen molar-refractivity contribution in [3.63, 3.8) is 0 Å². The Morgan fingerprint density at radius 3 is 1.40 bits per heavy atom. The van der Waals surface area contributed by atoms with E-state index < -0.39 is 28.0 Å². The molecule has 1 saturated heterocycles. The number of hydrogen-bond acceptors (Lipinski definition) is 0. The van der Waals surface area contributed by atoms with Gasteiger partial charge in [-0.25, -0.2) is 0 Å². The number of rotatable bonds is 5. The van der Waals surface area contributed by atoms with Crippen molar-refractivity contribution < 1.29 is 20.0 Å². The van der Waals surface area contributed by atoms with Gasteiger partial charge in [0.2, 0.25) is 0 Å². The van der Waals surface area contributed by atoms with E-state index in [1.54, 1.807) is 22.3 Å². The molecular formula is C41H46HfSi. The zero-order valence-electron chi connectivity index (χ0n) is 27.4. The molecule has 1 aliphatic heterocycles. The van der Waals surface area contributed by atoms with E-state index in [1.807, 2.05) is 10.4 Å². The molecule has 0 amide bonds. The molecular weight excluding hydrogens is 699 g/mol. The standard InChI is InChI=1S/C39H40Si.2CH3.Hf/c1-7-8-21-40(6,32-22-30-17-11-19-34(36(30)24-32)38-26(2)13-9-14-27(38)3)33-23-31-18-12-20-35(37(31)25-33)39-28(4)15-10-16-29(39)5;;;/h9-20,22-25H,7-8,21H2,1-6H3;2*1H3;. The van der Waals surface area contributed by atoms with E-state index in [9.17, 15) is 0 Å². The van der Waals surface area contributed by atoms with E-state index in [4.69, 9.17) is 0 Å². The second kappa shape index (κ2) is 10.5. The van der Waals surface area contributed by atoms with Crippen molar-refractivity contribution in [3.8, 4) is 22.3 Å². The Morgan fingerprint density at radius 2 is 1.00 bits per heavy atom. The monoisotopic (exact) mass is 746 g/mol. The van der Waals surface area contributed by atoms with Gasteiger partial charge in [0.25, 0.3) is 0 Å². The zero-order chi connectivity index (χ0) is 30.3. The molecule has 4 aromatic rings. The van der Waals surface area contributed by atoms with Crippen molar-refractivity contribution >= 4 is 20.2 Å². The summed E-state index contributed by atoms with van der Waals surface area (Å²) in [5.41, 5.74) is 17.8. The zero-order valence-corrected chi connectivity index (χ0v) is 32.0. The summed E-state index contributed by atoms with van der Waals surface area (Å²) in [7, 11) is -1.93. The molecule has 43 heavy (non-hydrogen) atoms. The Bertz CT molecular complexity index is 1680. The maximum atomic E-state index is 2.80. The van der Waals surface area contributed by atoms with Gasteiger partial charge in [0, 0.05) is 0 Å². The van der Waals surface area contributed by atoms with Crippen LogP contribution in [-0.2, 0) is 20.0 Å². The molecule has 3 aliphatic rings. The first-order valence-electron chi connectivity index (χ1n) is 16.4. The van der Waals surface area contributed by atoms with Crippen molar-refractivity contribution in [1.82, 2.24) is 0 Å². The summed E-state index contributed by atoms with van der Waals surface area (Å²) in [4.78, 5) is 0. The van der Waals surface area contributed by atoms with Crippen molar-refractivity contribution in [1.29, 1.82) is 0 Å². The molecule has 4 aromatic carbocycles. The van der Waals surface area contributed by atoms with Gasteiger partial charge in [-0.15, -0.1) is 0 Å². The van der Waals surface area contributed by atoms with Gasteiger partial charge in [-0.1, -0.05) is 0 Å².